The third kappa shape index (κ3) is 4.80. The SMILES string of the molecule is CCSc1nn2ccc(-c3ccc(OC(F)(F)F)cc3)nc2c1-c1nc2cc(C(F)(F)F)cnc2n1C. The van der Waals surface area contributed by atoms with Gasteiger partial charge in [0.2, 0.25) is 0 Å². The first-order chi connectivity index (χ1) is 17.4. The summed E-state index contributed by atoms with van der Waals surface area (Å²) < 4.78 is 84.1. The van der Waals surface area contributed by atoms with Crippen LogP contribution >= 0.6 is 11.8 Å². The van der Waals surface area contributed by atoms with Gasteiger partial charge in [-0.05, 0) is 42.2 Å². The minimum atomic E-state index is -4.81. The number of ether oxygens (including phenoxy) is 1. The first-order valence-corrected chi connectivity index (χ1v) is 11.7. The predicted molar refractivity (Wildman–Crippen MR) is 124 cm³/mol. The fourth-order valence-corrected chi connectivity index (χ4v) is 4.53. The molecule has 1 aromatic carbocycles. The van der Waals surface area contributed by atoms with E-state index in [1.54, 1.807) is 23.9 Å². The summed E-state index contributed by atoms with van der Waals surface area (Å²) >= 11 is 1.41. The molecule has 5 rings (SSSR count). The summed E-state index contributed by atoms with van der Waals surface area (Å²) in [5.41, 5.74) is 1.25. The molecule has 0 fully saturated rings. The van der Waals surface area contributed by atoms with Crippen LogP contribution in [0.5, 0.6) is 5.75 Å². The molecule has 0 unspecified atom stereocenters. The second kappa shape index (κ2) is 8.94. The number of nitrogens with zero attached hydrogens (tertiary/aromatic N) is 6. The molecule has 0 spiro atoms. The Kier molecular flexibility index (Phi) is 6.01. The minimum absolute atomic E-state index is 0.0653. The largest absolute Gasteiger partial charge is 0.573 e. The number of fused-ring (bicyclic) bond motifs is 2. The van der Waals surface area contributed by atoms with Gasteiger partial charge in [-0.25, -0.2) is 19.5 Å². The number of alkyl halides is 6. The van der Waals surface area contributed by atoms with Crippen LogP contribution in [0.15, 0.2) is 53.8 Å². The van der Waals surface area contributed by atoms with Crippen LogP contribution in [0, 0.1) is 0 Å². The minimum Gasteiger partial charge on any atom is -0.406 e. The summed E-state index contributed by atoms with van der Waals surface area (Å²) in [7, 11) is 1.64. The molecule has 0 aliphatic rings. The second-order valence-corrected chi connectivity index (χ2v) is 9.08. The highest BCUT2D eigenvalue weighted by atomic mass is 32.2. The van der Waals surface area contributed by atoms with Crippen molar-refractivity contribution in [2.75, 3.05) is 5.75 Å². The van der Waals surface area contributed by atoms with Gasteiger partial charge in [-0.3, -0.25) is 0 Å². The number of halogens is 6. The summed E-state index contributed by atoms with van der Waals surface area (Å²) in [4.78, 5) is 13.1. The summed E-state index contributed by atoms with van der Waals surface area (Å²) in [6.45, 7) is 1.92. The third-order valence-corrected chi connectivity index (χ3v) is 6.23. The van der Waals surface area contributed by atoms with Gasteiger partial charge >= 0.3 is 12.5 Å². The van der Waals surface area contributed by atoms with E-state index in [-0.39, 0.29) is 16.9 Å². The van der Waals surface area contributed by atoms with Crippen molar-refractivity contribution in [3.8, 4) is 28.4 Å². The highest BCUT2D eigenvalue weighted by molar-refractivity contribution is 7.99. The van der Waals surface area contributed by atoms with E-state index in [9.17, 15) is 26.3 Å². The fraction of sp³-hybridized carbons (Fsp3) is 0.217. The number of hydrogen-bond acceptors (Lipinski definition) is 6. The van der Waals surface area contributed by atoms with E-state index in [1.165, 1.54) is 40.5 Å². The Morgan fingerprint density at radius 1 is 0.973 bits per heavy atom. The molecule has 4 aromatic heterocycles. The monoisotopic (exact) mass is 538 g/mol. The Labute approximate surface area is 209 Å². The number of hydrogen-bond donors (Lipinski definition) is 0. The van der Waals surface area contributed by atoms with E-state index in [0.29, 0.717) is 39.1 Å². The first kappa shape index (κ1) is 24.9. The number of thioether (sulfide) groups is 1. The van der Waals surface area contributed by atoms with Crippen LogP contribution < -0.4 is 4.74 Å². The Morgan fingerprint density at radius 3 is 2.35 bits per heavy atom. The van der Waals surface area contributed by atoms with Crippen LogP contribution in [0.25, 0.3) is 39.5 Å². The zero-order valence-electron chi connectivity index (χ0n) is 19.1. The van der Waals surface area contributed by atoms with Gasteiger partial charge in [0.05, 0.1) is 16.8 Å². The Balaban J connectivity index is 1.64. The van der Waals surface area contributed by atoms with Gasteiger partial charge in [-0.2, -0.15) is 18.3 Å². The molecule has 0 aliphatic heterocycles. The highest BCUT2D eigenvalue weighted by Gasteiger charge is 2.32. The van der Waals surface area contributed by atoms with E-state index < -0.39 is 18.1 Å². The van der Waals surface area contributed by atoms with Gasteiger partial charge in [-0.15, -0.1) is 24.9 Å². The van der Waals surface area contributed by atoms with Crippen LogP contribution in [0.4, 0.5) is 26.3 Å². The van der Waals surface area contributed by atoms with Gasteiger partial charge in [0.15, 0.2) is 11.3 Å². The average molecular weight is 538 g/mol. The smallest absolute Gasteiger partial charge is 0.406 e. The van der Waals surface area contributed by atoms with Crippen LogP contribution in [0.2, 0.25) is 0 Å². The molecule has 5 aromatic rings. The van der Waals surface area contributed by atoms with Crippen molar-refractivity contribution in [3.63, 3.8) is 0 Å². The van der Waals surface area contributed by atoms with Crippen molar-refractivity contribution >= 4 is 28.6 Å². The molecule has 14 heteroatoms. The maximum absolute atomic E-state index is 13.2. The summed E-state index contributed by atoms with van der Waals surface area (Å²) in [5, 5.41) is 5.12. The van der Waals surface area contributed by atoms with Crippen LogP contribution in [0.3, 0.4) is 0 Å². The first-order valence-electron chi connectivity index (χ1n) is 10.7. The molecule has 0 atom stereocenters. The number of imidazole rings is 1. The fourth-order valence-electron chi connectivity index (χ4n) is 3.79. The summed E-state index contributed by atoms with van der Waals surface area (Å²) in [6, 6.07) is 7.83. The predicted octanol–water partition coefficient (Wildman–Crippen LogP) is 6.37. The molecule has 0 saturated heterocycles. The summed E-state index contributed by atoms with van der Waals surface area (Å²) in [6.07, 6.45) is -6.97. The molecule has 0 saturated carbocycles. The lowest BCUT2D eigenvalue weighted by Gasteiger charge is -2.09. The molecule has 0 amide bonds. The third-order valence-electron chi connectivity index (χ3n) is 5.38. The van der Waals surface area contributed by atoms with Crippen LogP contribution in [-0.2, 0) is 13.2 Å². The number of rotatable bonds is 5. The molecule has 4 heterocycles. The van der Waals surface area contributed by atoms with E-state index in [0.717, 1.165) is 12.3 Å². The molecular weight excluding hydrogens is 522 g/mol. The number of benzene rings is 1. The Hall–Kier alpha value is -3.81. The molecule has 0 N–H and O–H groups in total. The standard InChI is InChI=1S/C23H16F6N6OS/c1-3-37-21-17(19-32-16-10-13(22(24,25)26)11-30-18(16)34(19)2)20-31-15(8-9-35(20)33-21)12-4-6-14(7-5-12)36-23(27,28)29/h4-11H,3H2,1-2H3. The van der Waals surface area contributed by atoms with Crippen LogP contribution in [-0.4, -0.2) is 41.2 Å². The van der Waals surface area contributed by atoms with Crippen molar-refractivity contribution in [2.24, 2.45) is 7.05 Å². The van der Waals surface area contributed by atoms with Crippen molar-refractivity contribution in [2.45, 2.75) is 24.5 Å². The zero-order chi connectivity index (χ0) is 26.5. The maximum Gasteiger partial charge on any atom is 0.573 e. The number of aromatic nitrogens is 6. The van der Waals surface area contributed by atoms with Crippen molar-refractivity contribution in [3.05, 3.63) is 54.4 Å². The van der Waals surface area contributed by atoms with Crippen molar-refractivity contribution in [1.82, 2.24) is 29.1 Å². The summed E-state index contributed by atoms with van der Waals surface area (Å²) in [5.74, 6) is 0.617. The van der Waals surface area contributed by atoms with E-state index in [1.807, 2.05) is 6.92 Å². The van der Waals surface area contributed by atoms with Gasteiger partial charge < -0.3 is 9.30 Å². The quantitative estimate of drug-likeness (QED) is 0.191. The number of aryl methyl sites for hydroxylation is 1. The normalized spacial score (nSPS) is 12.5. The van der Waals surface area contributed by atoms with E-state index >= 15 is 0 Å². The van der Waals surface area contributed by atoms with Gasteiger partial charge in [0, 0.05) is 25.0 Å². The van der Waals surface area contributed by atoms with Crippen LogP contribution in [0.1, 0.15) is 12.5 Å². The molecular formula is C23H16F6N6OS. The van der Waals surface area contributed by atoms with Crippen molar-refractivity contribution < 1.29 is 31.1 Å². The van der Waals surface area contributed by atoms with E-state index in [2.05, 4.69) is 24.8 Å². The molecule has 7 nitrogen and oxygen atoms in total. The molecule has 0 radical (unpaired) electrons. The maximum atomic E-state index is 13.2. The Morgan fingerprint density at radius 2 is 1.70 bits per heavy atom. The Bertz CT molecular complexity index is 1610. The highest BCUT2D eigenvalue weighted by Crippen LogP contribution is 2.37. The average Bonchev–Trinajstić information content (AvgIpc) is 3.34. The van der Waals surface area contributed by atoms with E-state index in [4.69, 9.17) is 0 Å². The van der Waals surface area contributed by atoms with Crippen molar-refractivity contribution in [1.29, 1.82) is 0 Å². The van der Waals surface area contributed by atoms with Gasteiger partial charge in [0.1, 0.15) is 22.1 Å². The molecule has 0 aliphatic carbocycles. The molecule has 192 valence electrons. The topological polar surface area (TPSA) is 70.1 Å². The second-order valence-electron chi connectivity index (χ2n) is 7.83. The number of pyridine rings is 1. The molecule has 0 bridgehead atoms. The van der Waals surface area contributed by atoms with Gasteiger partial charge in [-0.1, -0.05) is 6.92 Å². The lowest BCUT2D eigenvalue weighted by molar-refractivity contribution is -0.274. The van der Waals surface area contributed by atoms with Gasteiger partial charge in [0.25, 0.3) is 0 Å². The molecule has 37 heavy (non-hydrogen) atoms. The lowest BCUT2D eigenvalue weighted by atomic mass is 10.1. The zero-order valence-corrected chi connectivity index (χ0v) is 19.9. The lowest BCUT2D eigenvalue weighted by Crippen LogP contribution is -2.16.